The summed E-state index contributed by atoms with van der Waals surface area (Å²) in [6.07, 6.45) is 7.73. The Balaban J connectivity index is 1.92. The molecule has 2 rings (SSSR count). The Morgan fingerprint density at radius 2 is 1.88 bits per heavy atom. The van der Waals surface area contributed by atoms with E-state index in [2.05, 4.69) is 34.6 Å². The SMILES string of the molecule is CCC1CC(F)(CC)CC(C)(OCOC2CC(C)CCC2C(C)C)C1. The second-order valence-electron chi connectivity index (χ2n) is 9.61. The third kappa shape index (κ3) is 5.66. The molecule has 0 saturated heterocycles. The summed E-state index contributed by atoms with van der Waals surface area (Å²) in [5, 5.41) is 0. The fourth-order valence-electron chi connectivity index (χ4n) is 5.25. The predicted octanol–water partition coefficient (Wildman–Crippen LogP) is 6.53. The van der Waals surface area contributed by atoms with Crippen molar-refractivity contribution in [3.05, 3.63) is 0 Å². The number of hydrogen-bond donors (Lipinski definition) is 0. The Hall–Kier alpha value is -0.150. The number of alkyl halides is 1. The van der Waals surface area contributed by atoms with E-state index in [1.807, 2.05) is 6.92 Å². The van der Waals surface area contributed by atoms with Crippen molar-refractivity contribution in [3.8, 4) is 0 Å². The van der Waals surface area contributed by atoms with Crippen LogP contribution in [0.3, 0.4) is 0 Å². The zero-order chi connectivity index (χ0) is 18.7. The Morgan fingerprint density at radius 1 is 1.16 bits per heavy atom. The van der Waals surface area contributed by atoms with Crippen molar-refractivity contribution in [3.63, 3.8) is 0 Å². The van der Waals surface area contributed by atoms with Gasteiger partial charge in [-0.25, -0.2) is 4.39 Å². The van der Waals surface area contributed by atoms with Crippen LogP contribution in [-0.2, 0) is 9.47 Å². The molecule has 2 fully saturated rings. The molecule has 3 heteroatoms. The summed E-state index contributed by atoms with van der Waals surface area (Å²) in [6.45, 7) is 13.4. The van der Waals surface area contributed by atoms with E-state index in [-0.39, 0.29) is 0 Å². The van der Waals surface area contributed by atoms with Crippen LogP contribution < -0.4 is 0 Å². The number of rotatable bonds is 7. The molecule has 0 aliphatic heterocycles. The maximum atomic E-state index is 15.1. The molecule has 0 N–H and O–H groups in total. The summed E-state index contributed by atoms with van der Waals surface area (Å²) in [7, 11) is 0. The van der Waals surface area contributed by atoms with Crippen molar-refractivity contribution in [1.82, 2.24) is 0 Å². The minimum Gasteiger partial charge on any atom is -0.352 e. The van der Waals surface area contributed by atoms with E-state index in [1.54, 1.807) is 0 Å². The highest BCUT2D eigenvalue weighted by atomic mass is 19.1. The van der Waals surface area contributed by atoms with E-state index < -0.39 is 11.3 Å². The van der Waals surface area contributed by atoms with Crippen molar-refractivity contribution in [2.75, 3.05) is 6.79 Å². The molecule has 0 radical (unpaired) electrons. The van der Waals surface area contributed by atoms with Gasteiger partial charge in [0.05, 0.1) is 11.7 Å². The van der Waals surface area contributed by atoms with E-state index in [4.69, 9.17) is 9.47 Å². The molecular weight excluding hydrogens is 315 g/mol. The van der Waals surface area contributed by atoms with Gasteiger partial charge in [-0.05, 0) is 62.7 Å². The smallest absolute Gasteiger partial charge is 0.147 e. The number of hydrogen-bond acceptors (Lipinski definition) is 2. The molecule has 0 amide bonds. The van der Waals surface area contributed by atoms with Crippen LogP contribution in [0.1, 0.15) is 92.9 Å². The molecule has 2 nitrogen and oxygen atoms in total. The highest BCUT2D eigenvalue weighted by molar-refractivity contribution is 4.96. The summed E-state index contributed by atoms with van der Waals surface area (Å²) in [5.74, 6) is 2.42. The third-order valence-electron chi connectivity index (χ3n) is 6.93. The van der Waals surface area contributed by atoms with Crippen molar-refractivity contribution in [2.24, 2.45) is 23.7 Å². The first-order valence-electron chi connectivity index (χ1n) is 10.6. The summed E-state index contributed by atoms with van der Waals surface area (Å²) in [6, 6.07) is 0. The van der Waals surface area contributed by atoms with Crippen molar-refractivity contribution in [1.29, 1.82) is 0 Å². The van der Waals surface area contributed by atoms with E-state index in [9.17, 15) is 0 Å². The topological polar surface area (TPSA) is 18.5 Å². The first-order valence-corrected chi connectivity index (χ1v) is 10.6. The fraction of sp³-hybridized carbons (Fsp3) is 1.00. The van der Waals surface area contributed by atoms with Crippen LogP contribution in [0.2, 0.25) is 0 Å². The molecule has 148 valence electrons. The number of ether oxygens (including phenoxy) is 2. The Kier molecular flexibility index (Phi) is 7.35. The lowest BCUT2D eigenvalue weighted by atomic mass is 9.69. The lowest BCUT2D eigenvalue weighted by molar-refractivity contribution is -0.202. The lowest BCUT2D eigenvalue weighted by Gasteiger charge is -2.45. The Morgan fingerprint density at radius 3 is 2.48 bits per heavy atom. The van der Waals surface area contributed by atoms with Gasteiger partial charge < -0.3 is 9.47 Å². The molecule has 25 heavy (non-hydrogen) atoms. The molecule has 0 spiro atoms. The van der Waals surface area contributed by atoms with Crippen LogP contribution in [0.4, 0.5) is 4.39 Å². The average Bonchev–Trinajstić information content (AvgIpc) is 2.53. The maximum absolute atomic E-state index is 15.1. The highest BCUT2D eigenvalue weighted by Gasteiger charge is 2.46. The van der Waals surface area contributed by atoms with Crippen LogP contribution >= 0.6 is 0 Å². The van der Waals surface area contributed by atoms with Crippen LogP contribution in [0.25, 0.3) is 0 Å². The van der Waals surface area contributed by atoms with Gasteiger partial charge in [0, 0.05) is 6.42 Å². The average molecular weight is 357 g/mol. The first kappa shape index (κ1) is 21.2. The van der Waals surface area contributed by atoms with Crippen molar-refractivity contribution >= 4 is 0 Å². The summed E-state index contributed by atoms with van der Waals surface area (Å²) >= 11 is 0. The largest absolute Gasteiger partial charge is 0.352 e. The molecule has 0 aromatic rings. The predicted molar refractivity (Wildman–Crippen MR) is 102 cm³/mol. The maximum Gasteiger partial charge on any atom is 0.147 e. The molecule has 0 aromatic heterocycles. The molecule has 0 heterocycles. The molecule has 2 aliphatic carbocycles. The molecule has 6 unspecified atom stereocenters. The van der Waals surface area contributed by atoms with E-state index in [0.29, 0.717) is 49.9 Å². The van der Waals surface area contributed by atoms with E-state index in [0.717, 1.165) is 25.2 Å². The minimum absolute atomic E-state index is 0.291. The van der Waals surface area contributed by atoms with Gasteiger partial charge in [0.25, 0.3) is 0 Å². The molecule has 0 aromatic carbocycles. The van der Waals surface area contributed by atoms with E-state index in [1.165, 1.54) is 12.8 Å². The first-order chi connectivity index (χ1) is 11.7. The third-order valence-corrected chi connectivity index (χ3v) is 6.93. The molecule has 2 aliphatic rings. The van der Waals surface area contributed by atoms with Gasteiger partial charge in [-0.2, -0.15) is 0 Å². The summed E-state index contributed by atoms with van der Waals surface area (Å²) in [4.78, 5) is 0. The summed E-state index contributed by atoms with van der Waals surface area (Å²) < 4.78 is 27.5. The van der Waals surface area contributed by atoms with Crippen LogP contribution in [0, 0.1) is 23.7 Å². The lowest BCUT2D eigenvalue weighted by Crippen LogP contribution is -2.47. The van der Waals surface area contributed by atoms with Gasteiger partial charge in [0.2, 0.25) is 0 Å². The second-order valence-corrected chi connectivity index (χ2v) is 9.61. The molecular formula is C22H41FO2. The van der Waals surface area contributed by atoms with Crippen LogP contribution in [-0.4, -0.2) is 24.2 Å². The van der Waals surface area contributed by atoms with E-state index >= 15 is 4.39 Å². The zero-order valence-electron chi connectivity index (χ0n) is 17.4. The minimum atomic E-state index is -1.08. The van der Waals surface area contributed by atoms with Gasteiger partial charge in [0.1, 0.15) is 12.5 Å². The van der Waals surface area contributed by atoms with Gasteiger partial charge in [0.15, 0.2) is 0 Å². The van der Waals surface area contributed by atoms with Gasteiger partial charge in [-0.1, -0.05) is 47.5 Å². The van der Waals surface area contributed by atoms with Gasteiger partial charge in [-0.3, -0.25) is 0 Å². The highest BCUT2D eigenvalue weighted by Crippen LogP contribution is 2.46. The van der Waals surface area contributed by atoms with Gasteiger partial charge >= 0.3 is 0 Å². The zero-order valence-corrected chi connectivity index (χ0v) is 17.4. The molecule has 0 bridgehead atoms. The molecule has 2 saturated carbocycles. The Bertz CT molecular complexity index is 413. The molecule has 6 atom stereocenters. The van der Waals surface area contributed by atoms with Crippen molar-refractivity contribution in [2.45, 2.75) is 110 Å². The number of halogens is 1. The van der Waals surface area contributed by atoms with Crippen LogP contribution in [0.15, 0.2) is 0 Å². The fourth-order valence-corrected chi connectivity index (χ4v) is 5.25. The standard InChI is InChI=1S/C22H41FO2/c1-7-18-12-21(6,14-22(23,8-2)13-18)25-15-24-20-11-17(5)9-10-19(20)16(3)4/h16-20H,7-15H2,1-6H3. The Labute approximate surface area is 155 Å². The van der Waals surface area contributed by atoms with Gasteiger partial charge in [-0.15, -0.1) is 0 Å². The van der Waals surface area contributed by atoms with Crippen molar-refractivity contribution < 1.29 is 13.9 Å². The summed E-state index contributed by atoms with van der Waals surface area (Å²) in [5.41, 5.74) is -1.47. The monoisotopic (exact) mass is 356 g/mol. The van der Waals surface area contributed by atoms with Crippen LogP contribution in [0.5, 0.6) is 0 Å². The second kappa shape index (κ2) is 8.69. The normalized spacial score (nSPS) is 42.7. The quantitative estimate of drug-likeness (QED) is 0.483.